The Balaban J connectivity index is 2.70. The minimum atomic E-state index is -0.478. The Labute approximate surface area is 121 Å². The quantitative estimate of drug-likeness (QED) is 0.634. The number of nitrogens with zero attached hydrogens (tertiary/aromatic N) is 1. The molecule has 0 N–H and O–H groups in total. The van der Waals surface area contributed by atoms with Crippen LogP contribution in [-0.4, -0.2) is 37.5 Å². The molecule has 0 saturated carbocycles. The highest BCUT2D eigenvalue weighted by Gasteiger charge is 2.10. The Morgan fingerprint density at radius 3 is 2.63 bits per heavy atom. The zero-order valence-electron chi connectivity index (χ0n) is 10.5. The van der Waals surface area contributed by atoms with E-state index >= 15 is 0 Å². The molecule has 1 aromatic rings. The number of carbonyl (C=O) groups is 2. The fraction of sp³-hybridized carbons (Fsp3) is 0.231. The number of methoxy groups -OCH3 is 1. The molecule has 0 radical (unpaired) electrons. The van der Waals surface area contributed by atoms with Crippen LogP contribution in [0.5, 0.6) is 0 Å². The fourth-order valence-electron chi connectivity index (χ4n) is 1.26. The van der Waals surface area contributed by atoms with Crippen LogP contribution in [0, 0.1) is 0 Å². The Morgan fingerprint density at radius 2 is 2.05 bits per heavy atom. The van der Waals surface area contributed by atoms with Crippen molar-refractivity contribution in [1.82, 2.24) is 4.90 Å². The lowest BCUT2D eigenvalue weighted by molar-refractivity contribution is -0.144. The molecule has 4 nitrogen and oxygen atoms in total. The lowest BCUT2D eigenvalue weighted by atomic mass is 10.2. The maximum absolute atomic E-state index is 11.7. The van der Waals surface area contributed by atoms with Gasteiger partial charge in [0, 0.05) is 23.2 Å². The van der Waals surface area contributed by atoms with Gasteiger partial charge in [-0.25, -0.2) is 0 Å². The van der Waals surface area contributed by atoms with E-state index in [1.54, 1.807) is 24.3 Å². The lowest BCUT2D eigenvalue weighted by Crippen LogP contribution is -2.31. The van der Waals surface area contributed by atoms with Gasteiger partial charge in [0.25, 0.3) is 0 Å². The van der Waals surface area contributed by atoms with Crippen molar-refractivity contribution in [2.24, 2.45) is 0 Å². The molecule has 0 bridgehead atoms. The second-order valence-corrected chi connectivity index (χ2v) is 4.61. The third-order valence-corrected chi connectivity index (χ3v) is 2.90. The molecule has 0 aromatic heterocycles. The molecule has 0 aliphatic heterocycles. The molecule has 19 heavy (non-hydrogen) atoms. The van der Waals surface area contributed by atoms with E-state index in [0.717, 1.165) is 0 Å². The topological polar surface area (TPSA) is 46.6 Å². The first-order valence-electron chi connectivity index (χ1n) is 5.39. The second-order valence-electron chi connectivity index (χ2n) is 3.77. The number of benzene rings is 1. The maximum Gasteiger partial charge on any atom is 0.325 e. The molecule has 0 heterocycles. The molecule has 0 aliphatic rings. The normalized spacial score (nSPS) is 10.5. The van der Waals surface area contributed by atoms with Gasteiger partial charge in [-0.3, -0.25) is 9.59 Å². The van der Waals surface area contributed by atoms with Crippen molar-refractivity contribution in [3.8, 4) is 0 Å². The first-order valence-corrected chi connectivity index (χ1v) is 6.14. The predicted molar refractivity (Wildman–Crippen MR) is 75.1 cm³/mol. The van der Waals surface area contributed by atoms with Crippen molar-refractivity contribution >= 4 is 41.2 Å². The first-order chi connectivity index (χ1) is 8.93. The molecule has 6 heteroatoms. The molecule has 0 spiro atoms. The largest absolute Gasteiger partial charge is 0.468 e. The average Bonchev–Trinajstić information content (AvgIpc) is 2.37. The van der Waals surface area contributed by atoms with E-state index in [4.69, 9.17) is 23.2 Å². The minimum Gasteiger partial charge on any atom is -0.468 e. The summed E-state index contributed by atoms with van der Waals surface area (Å²) in [5.41, 5.74) is 0.672. The number of rotatable bonds is 4. The number of esters is 1. The number of hydrogen-bond acceptors (Lipinski definition) is 3. The van der Waals surface area contributed by atoms with Gasteiger partial charge in [-0.05, 0) is 23.8 Å². The van der Waals surface area contributed by atoms with Crippen LogP contribution in [0.4, 0.5) is 0 Å². The van der Waals surface area contributed by atoms with Gasteiger partial charge in [0.1, 0.15) is 6.54 Å². The van der Waals surface area contributed by atoms with E-state index in [1.165, 1.54) is 25.1 Å². The summed E-state index contributed by atoms with van der Waals surface area (Å²) in [4.78, 5) is 24.0. The molecule has 0 atom stereocenters. The SMILES string of the molecule is COC(=O)CN(C)C(=O)/C=C/c1ccc(Cl)cc1Cl. The molecule has 1 aromatic carbocycles. The van der Waals surface area contributed by atoms with Crippen molar-refractivity contribution in [3.63, 3.8) is 0 Å². The fourth-order valence-corrected chi connectivity index (χ4v) is 1.73. The number of carbonyl (C=O) groups excluding carboxylic acids is 2. The Hall–Kier alpha value is -1.52. The maximum atomic E-state index is 11.7. The summed E-state index contributed by atoms with van der Waals surface area (Å²) in [7, 11) is 2.77. The van der Waals surface area contributed by atoms with Crippen LogP contribution in [0.3, 0.4) is 0 Å². The van der Waals surface area contributed by atoms with Gasteiger partial charge < -0.3 is 9.64 Å². The predicted octanol–water partition coefficient (Wildman–Crippen LogP) is 2.64. The van der Waals surface area contributed by atoms with Crippen molar-refractivity contribution in [3.05, 3.63) is 39.9 Å². The zero-order valence-corrected chi connectivity index (χ0v) is 12.0. The van der Waals surface area contributed by atoms with Gasteiger partial charge >= 0.3 is 5.97 Å². The Bertz CT molecular complexity index is 515. The number of amides is 1. The van der Waals surface area contributed by atoms with Crippen LogP contribution in [0.2, 0.25) is 10.0 Å². The van der Waals surface area contributed by atoms with Gasteiger partial charge in [0.2, 0.25) is 5.91 Å². The Kier molecular flexibility index (Phi) is 5.86. The van der Waals surface area contributed by atoms with Crippen LogP contribution in [0.25, 0.3) is 6.08 Å². The number of hydrogen-bond donors (Lipinski definition) is 0. The van der Waals surface area contributed by atoms with E-state index in [0.29, 0.717) is 15.6 Å². The van der Waals surface area contributed by atoms with Crippen molar-refractivity contribution in [2.45, 2.75) is 0 Å². The summed E-state index contributed by atoms with van der Waals surface area (Å²) in [6.07, 6.45) is 2.90. The molecule has 102 valence electrons. The molecular weight excluding hydrogens is 289 g/mol. The van der Waals surface area contributed by atoms with E-state index in [9.17, 15) is 9.59 Å². The van der Waals surface area contributed by atoms with Crippen LogP contribution >= 0.6 is 23.2 Å². The molecule has 0 saturated heterocycles. The number of halogens is 2. The highest BCUT2D eigenvalue weighted by Crippen LogP contribution is 2.21. The van der Waals surface area contributed by atoms with Crippen LogP contribution < -0.4 is 0 Å². The standard InChI is InChI=1S/C13H13Cl2NO3/c1-16(8-13(18)19-2)12(17)6-4-9-3-5-10(14)7-11(9)15/h3-7H,8H2,1-2H3/b6-4+. The summed E-state index contributed by atoms with van der Waals surface area (Å²) < 4.78 is 4.47. The molecule has 0 unspecified atom stereocenters. The smallest absolute Gasteiger partial charge is 0.325 e. The van der Waals surface area contributed by atoms with Crippen molar-refractivity contribution in [1.29, 1.82) is 0 Å². The van der Waals surface area contributed by atoms with E-state index in [-0.39, 0.29) is 12.5 Å². The number of ether oxygens (including phenoxy) is 1. The molecule has 1 amide bonds. The van der Waals surface area contributed by atoms with Gasteiger partial charge in [-0.1, -0.05) is 29.3 Å². The van der Waals surface area contributed by atoms with Crippen LogP contribution in [0.15, 0.2) is 24.3 Å². The van der Waals surface area contributed by atoms with Gasteiger partial charge in [-0.2, -0.15) is 0 Å². The third kappa shape index (κ3) is 4.93. The van der Waals surface area contributed by atoms with E-state index in [1.807, 2.05) is 0 Å². The molecule has 1 rings (SSSR count). The first kappa shape index (κ1) is 15.5. The highest BCUT2D eigenvalue weighted by atomic mass is 35.5. The van der Waals surface area contributed by atoms with Crippen molar-refractivity contribution in [2.75, 3.05) is 20.7 Å². The third-order valence-electron chi connectivity index (χ3n) is 2.34. The van der Waals surface area contributed by atoms with Gasteiger partial charge in [0.05, 0.1) is 7.11 Å². The summed E-state index contributed by atoms with van der Waals surface area (Å²) in [6, 6.07) is 4.97. The molecule has 0 fully saturated rings. The van der Waals surface area contributed by atoms with Gasteiger partial charge in [-0.15, -0.1) is 0 Å². The monoisotopic (exact) mass is 301 g/mol. The van der Waals surface area contributed by atoms with Crippen LogP contribution in [-0.2, 0) is 14.3 Å². The van der Waals surface area contributed by atoms with E-state index < -0.39 is 5.97 Å². The Morgan fingerprint density at radius 1 is 1.37 bits per heavy atom. The molecular formula is C13H13Cl2NO3. The number of likely N-dealkylation sites (N-methyl/N-ethyl adjacent to an activating group) is 1. The summed E-state index contributed by atoms with van der Waals surface area (Å²) in [6.45, 7) is -0.103. The van der Waals surface area contributed by atoms with E-state index in [2.05, 4.69) is 4.74 Å². The average molecular weight is 302 g/mol. The summed E-state index contributed by atoms with van der Waals surface area (Å²) in [5.74, 6) is -0.801. The van der Waals surface area contributed by atoms with Crippen molar-refractivity contribution < 1.29 is 14.3 Å². The van der Waals surface area contributed by atoms with Crippen LogP contribution in [0.1, 0.15) is 5.56 Å². The molecule has 0 aliphatic carbocycles. The second kappa shape index (κ2) is 7.16. The van der Waals surface area contributed by atoms with Gasteiger partial charge in [0.15, 0.2) is 0 Å². The minimum absolute atomic E-state index is 0.103. The zero-order chi connectivity index (χ0) is 14.4. The summed E-state index contributed by atoms with van der Waals surface area (Å²) >= 11 is 11.7. The lowest BCUT2D eigenvalue weighted by Gasteiger charge is -2.12. The summed E-state index contributed by atoms with van der Waals surface area (Å²) in [5, 5.41) is 0.975. The highest BCUT2D eigenvalue weighted by molar-refractivity contribution is 6.35.